The summed E-state index contributed by atoms with van der Waals surface area (Å²) in [5, 5.41) is 9.26. The number of methoxy groups -OCH3 is 1. The van der Waals surface area contributed by atoms with Gasteiger partial charge in [-0.15, -0.1) is 0 Å². The molecule has 74 valence electrons. The lowest BCUT2D eigenvalue weighted by molar-refractivity contribution is 0.416. The highest BCUT2D eigenvalue weighted by Gasteiger charge is 2.12. The Bertz CT molecular complexity index is 384. The Hall–Kier alpha value is -1.40. The van der Waals surface area contributed by atoms with Crippen molar-refractivity contribution in [2.24, 2.45) is 0 Å². The molecule has 0 heterocycles. The zero-order valence-electron chi connectivity index (χ0n) is 8.04. The number of halogens is 1. The number of nitrogens with zero attached hydrogens (tertiary/aromatic N) is 1. The molecule has 14 heavy (non-hydrogen) atoms. The first-order valence-corrected chi connectivity index (χ1v) is 4.50. The minimum absolute atomic E-state index is 0.267. The van der Waals surface area contributed by atoms with Crippen molar-refractivity contribution in [1.82, 2.24) is 0 Å². The maximum Gasteiger partial charge on any atom is 0.142 e. The van der Waals surface area contributed by atoms with Crippen LogP contribution < -0.4 is 10.5 Å². The molecule has 0 aliphatic rings. The molecule has 1 unspecified atom stereocenters. The molecular weight excluding hydrogens is 200 g/mol. The van der Waals surface area contributed by atoms with Crippen molar-refractivity contribution in [1.29, 1.82) is 5.26 Å². The molecular formula is C10H11ClN2O. The zero-order valence-corrected chi connectivity index (χ0v) is 8.80. The molecule has 0 fully saturated rings. The predicted octanol–water partition coefficient (Wildman–Crippen LogP) is 2.56. The summed E-state index contributed by atoms with van der Waals surface area (Å²) in [5.74, 6) is 0.281. The van der Waals surface area contributed by atoms with Crippen LogP contribution in [0.2, 0.25) is 5.02 Å². The van der Waals surface area contributed by atoms with Gasteiger partial charge in [-0.1, -0.05) is 11.6 Å². The van der Waals surface area contributed by atoms with Crippen molar-refractivity contribution < 1.29 is 4.74 Å². The largest absolute Gasteiger partial charge is 0.495 e. The summed E-state index contributed by atoms with van der Waals surface area (Å²) in [6.07, 6.45) is 0. The molecule has 0 bridgehead atoms. The summed E-state index contributed by atoms with van der Waals surface area (Å²) >= 11 is 5.95. The summed E-state index contributed by atoms with van der Waals surface area (Å²) in [4.78, 5) is 0. The van der Waals surface area contributed by atoms with Gasteiger partial charge >= 0.3 is 0 Å². The molecule has 0 aromatic heterocycles. The number of rotatable bonds is 2. The number of hydrogen-bond acceptors (Lipinski definition) is 3. The van der Waals surface area contributed by atoms with Crippen LogP contribution in [0.25, 0.3) is 0 Å². The number of benzene rings is 1. The van der Waals surface area contributed by atoms with Crippen molar-refractivity contribution in [3.63, 3.8) is 0 Å². The van der Waals surface area contributed by atoms with E-state index in [-0.39, 0.29) is 5.92 Å². The number of nitrogen functional groups attached to an aromatic ring is 1. The first-order valence-electron chi connectivity index (χ1n) is 4.12. The Morgan fingerprint density at radius 1 is 1.57 bits per heavy atom. The summed E-state index contributed by atoms with van der Waals surface area (Å²) in [6.45, 7) is 1.77. The van der Waals surface area contributed by atoms with E-state index in [1.807, 2.05) is 0 Å². The summed E-state index contributed by atoms with van der Waals surface area (Å²) in [6, 6.07) is 5.41. The minimum atomic E-state index is -0.267. The van der Waals surface area contributed by atoms with Crippen LogP contribution in [0.5, 0.6) is 5.75 Å². The summed E-state index contributed by atoms with van der Waals surface area (Å²) in [7, 11) is 1.53. The number of ether oxygens (including phenoxy) is 1. The van der Waals surface area contributed by atoms with Crippen molar-refractivity contribution in [3.05, 3.63) is 22.7 Å². The van der Waals surface area contributed by atoms with Gasteiger partial charge in [0.05, 0.1) is 24.8 Å². The van der Waals surface area contributed by atoms with Gasteiger partial charge in [0, 0.05) is 5.02 Å². The molecule has 0 amide bonds. The van der Waals surface area contributed by atoms with Crippen LogP contribution >= 0.6 is 11.6 Å². The van der Waals surface area contributed by atoms with Crippen molar-refractivity contribution in [3.8, 4) is 11.8 Å². The van der Waals surface area contributed by atoms with E-state index in [1.54, 1.807) is 19.1 Å². The Balaban J connectivity index is 3.25. The smallest absolute Gasteiger partial charge is 0.142 e. The van der Waals surface area contributed by atoms with Gasteiger partial charge in [-0.2, -0.15) is 5.26 Å². The Morgan fingerprint density at radius 2 is 2.21 bits per heavy atom. The van der Waals surface area contributed by atoms with E-state index in [2.05, 4.69) is 6.07 Å². The van der Waals surface area contributed by atoms with E-state index in [4.69, 9.17) is 27.3 Å². The van der Waals surface area contributed by atoms with Crippen molar-refractivity contribution >= 4 is 17.3 Å². The fourth-order valence-electron chi connectivity index (χ4n) is 1.16. The van der Waals surface area contributed by atoms with Gasteiger partial charge in [0.1, 0.15) is 5.75 Å². The summed E-state index contributed by atoms with van der Waals surface area (Å²) < 4.78 is 5.04. The molecule has 0 spiro atoms. The molecule has 1 rings (SSSR count). The highest BCUT2D eigenvalue weighted by molar-refractivity contribution is 6.31. The maximum atomic E-state index is 8.76. The maximum absolute atomic E-state index is 8.76. The fraction of sp³-hybridized carbons (Fsp3) is 0.300. The normalized spacial score (nSPS) is 11.9. The van der Waals surface area contributed by atoms with Crippen LogP contribution in [0.4, 0.5) is 5.69 Å². The van der Waals surface area contributed by atoms with Gasteiger partial charge in [0.2, 0.25) is 0 Å². The molecule has 4 heteroatoms. The molecule has 3 nitrogen and oxygen atoms in total. The quantitative estimate of drug-likeness (QED) is 0.764. The van der Waals surface area contributed by atoms with Crippen LogP contribution in [0, 0.1) is 11.3 Å². The third-order valence-corrected chi connectivity index (χ3v) is 2.34. The second-order valence-electron chi connectivity index (χ2n) is 2.97. The van der Waals surface area contributed by atoms with E-state index in [1.165, 1.54) is 7.11 Å². The number of hydrogen-bond donors (Lipinski definition) is 1. The molecule has 1 atom stereocenters. The Morgan fingerprint density at radius 3 is 2.71 bits per heavy atom. The number of nitrogens with two attached hydrogens (primary N) is 1. The molecule has 0 saturated carbocycles. The summed E-state index contributed by atoms with van der Waals surface area (Å²) in [5.41, 5.74) is 6.86. The molecule has 0 aliphatic carbocycles. The highest BCUT2D eigenvalue weighted by atomic mass is 35.5. The fourth-order valence-corrected chi connectivity index (χ4v) is 1.50. The predicted molar refractivity (Wildman–Crippen MR) is 56.4 cm³/mol. The van der Waals surface area contributed by atoms with Crippen LogP contribution in [0.1, 0.15) is 18.4 Å². The van der Waals surface area contributed by atoms with Crippen LogP contribution in [-0.4, -0.2) is 7.11 Å². The average molecular weight is 211 g/mol. The van der Waals surface area contributed by atoms with Gasteiger partial charge in [-0.3, -0.25) is 0 Å². The minimum Gasteiger partial charge on any atom is -0.495 e. The van der Waals surface area contributed by atoms with Gasteiger partial charge in [-0.05, 0) is 24.6 Å². The second kappa shape index (κ2) is 4.21. The lowest BCUT2D eigenvalue weighted by atomic mass is 10.0. The third-order valence-electron chi connectivity index (χ3n) is 2.01. The topological polar surface area (TPSA) is 59.0 Å². The first-order chi connectivity index (χ1) is 6.60. The average Bonchev–Trinajstić information content (AvgIpc) is 2.17. The monoisotopic (exact) mass is 210 g/mol. The van der Waals surface area contributed by atoms with Crippen molar-refractivity contribution in [2.45, 2.75) is 12.8 Å². The molecule has 1 aromatic rings. The standard InChI is InChI=1S/C10H11ClN2O/c1-6(5-12)7-3-10(14-2)9(13)4-8(7)11/h3-4,6H,13H2,1-2H3. The van der Waals surface area contributed by atoms with Gasteiger partial charge in [0.15, 0.2) is 0 Å². The number of nitriles is 1. The highest BCUT2D eigenvalue weighted by Crippen LogP contribution is 2.32. The number of anilines is 1. The Labute approximate surface area is 88.0 Å². The SMILES string of the molecule is COc1cc(C(C)C#N)c(Cl)cc1N. The van der Waals surface area contributed by atoms with E-state index >= 15 is 0 Å². The Kier molecular flexibility index (Phi) is 3.21. The molecule has 0 saturated heterocycles. The van der Waals surface area contributed by atoms with Gasteiger partial charge in [-0.25, -0.2) is 0 Å². The molecule has 2 N–H and O–H groups in total. The van der Waals surface area contributed by atoms with E-state index in [0.29, 0.717) is 16.5 Å². The van der Waals surface area contributed by atoms with Crippen molar-refractivity contribution in [2.75, 3.05) is 12.8 Å². The second-order valence-corrected chi connectivity index (χ2v) is 3.37. The lowest BCUT2D eigenvalue weighted by Gasteiger charge is -2.10. The van der Waals surface area contributed by atoms with E-state index in [0.717, 1.165) is 5.56 Å². The molecule has 1 aromatic carbocycles. The molecule has 0 radical (unpaired) electrons. The molecule has 0 aliphatic heterocycles. The van der Waals surface area contributed by atoms with Gasteiger partial charge in [0.25, 0.3) is 0 Å². The van der Waals surface area contributed by atoms with Crippen LogP contribution in [0.3, 0.4) is 0 Å². The van der Waals surface area contributed by atoms with E-state index < -0.39 is 0 Å². The first kappa shape index (κ1) is 10.7. The lowest BCUT2D eigenvalue weighted by Crippen LogP contribution is -1.97. The zero-order chi connectivity index (χ0) is 10.7. The van der Waals surface area contributed by atoms with Crippen LogP contribution in [0.15, 0.2) is 12.1 Å². The van der Waals surface area contributed by atoms with E-state index in [9.17, 15) is 0 Å². The third kappa shape index (κ3) is 1.91. The van der Waals surface area contributed by atoms with Crippen LogP contribution in [-0.2, 0) is 0 Å². The van der Waals surface area contributed by atoms with Gasteiger partial charge < -0.3 is 10.5 Å².